The van der Waals surface area contributed by atoms with Crippen molar-refractivity contribution < 1.29 is 4.79 Å². The van der Waals surface area contributed by atoms with Crippen molar-refractivity contribution in [3.63, 3.8) is 0 Å². The first-order chi connectivity index (χ1) is 17.4. The summed E-state index contributed by atoms with van der Waals surface area (Å²) in [5.41, 5.74) is 5.49. The maximum absolute atomic E-state index is 12.5. The first-order valence-corrected chi connectivity index (χ1v) is 11.8. The van der Waals surface area contributed by atoms with Crippen LogP contribution in [0.3, 0.4) is 0 Å². The summed E-state index contributed by atoms with van der Waals surface area (Å²) < 4.78 is 1.96. The highest BCUT2D eigenvalue weighted by atomic mass is 35.5. The van der Waals surface area contributed by atoms with Crippen LogP contribution in [0.1, 0.15) is 23.9 Å². The van der Waals surface area contributed by atoms with Gasteiger partial charge < -0.3 is 10.6 Å². The standard InChI is InChI=1S/C28H23ClN6O/c1-17-27(35-14-12-21(29)16-26(35)32-17)22-8-11-25(34-28(36)18(2)30-3)33-24(22)10-7-19-6-9-23-20(15-19)5-4-13-31-23/h4-6,8-9,11-16,18,30H,1-3H3,(H,33,34,36). The summed E-state index contributed by atoms with van der Waals surface area (Å²) in [6.07, 6.45) is 3.65. The second-order valence-corrected chi connectivity index (χ2v) is 8.81. The third kappa shape index (κ3) is 4.65. The van der Waals surface area contributed by atoms with Crippen LogP contribution in [0.5, 0.6) is 0 Å². The van der Waals surface area contributed by atoms with Gasteiger partial charge in [-0.1, -0.05) is 23.6 Å². The Bertz CT molecular complexity index is 1680. The molecule has 2 N–H and O–H groups in total. The summed E-state index contributed by atoms with van der Waals surface area (Å²) in [4.78, 5) is 26.2. The number of likely N-dealkylation sites (N-methyl/N-ethyl adjacent to an activating group) is 1. The van der Waals surface area contributed by atoms with Gasteiger partial charge in [-0.2, -0.15) is 0 Å². The zero-order valence-corrected chi connectivity index (χ0v) is 20.8. The van der Waals surface area contributed by atoms with Gasteiger partial charge >= 0.3 is 0 Å². The van der Waals surface area contributed by atoms with Gasteiger partial charge in [0.2, 0.25) is 5.91 Å². The zero-order valence-electron chi connectivity index (χ0n) is 20.0. The van der Waals surface area contributed by atoms with Gasteiger partial charge in [-0.25, -0.2) is 9.97 Å². The van der Waals surface area contributed by atoms with Crippen molar-refractivity contribution in [3.05, 3.63) is 89.0 Å². The fraction of sp³-hybridized carbons (Fsp3) is 0.143. The maximum Gasteiger partial charge on any atom is 0.242 e. The number of anilines is 1. The van der Waals surface area contributed by atoms with E-state index >= 15 is 0 Å². The number of nitrogens with one attached hydrogen (secondary N) is 2. The molecule has 1 amide bonds. The number of imidazole rings is 1. The van der Waals surface area contributed by atoms with Crippen molar-refractivity contribution in [3.8, 4) is 23.1 Å². The minimum Gasteiger partial charge on any atom is -0.309 e. The molecule has 4 aromatic heterocycles. The number of aromatic nitrogens is 4. The second kappa shape index (κ2) is 9.78. The third-order valence-electron chi connectivity index (χ3n) is 5.92. The lowest BCUT2D eigenvalue weighted by Gasteiger charge is -2.12. The SMILES string of the molecule is CNC(C)C(=O)Nc1ccc(-c2c(C)nc3cc(Cl)ccn23)c(C#Cc2ccc3ncccc3c2)n1. The first-order valence-electron chi connectivity index (χ1n) is 11.4. The molecule has 8 heteroatoms. The van der Waals surface area contributed by atoms with Crippen LogP contribution in [0.2, 0.25) is 5.02 Å². The molecule has 0 saturated heterocycles. The summed E-state index contributed by atoms with van der Waals surface area (Å²) in [6, 6.07) is 16.7. The average molecular weight is 495 g/mol. The monoisotopic (exact) mass is 494 g/mol. The van der Waals surface area contributed by atoms with E-state index in [1.807, 2.05) is 66.1 Å². The maximum atomic E-state index is 12.5. The van der Waals surface area contributed by atoms with Gasteiger partial charge in [0.15, 0.2) is 0 Å². The third-order valence-corrected chi connectivity index (χ3v) is 6.15. The van der Waals surface area contributed by atoms with Crippen LogP contribution in [0.15, 0.2) is 67.0 Å². The molecule has 36 heavy (non-hydrogen) atoms. The lowest BCUT2D eigenvalue weighted by atomic mass is 10.1. The van der Waals surface area contributed by atoms with E-state index in [4.69, 9.17) is 16.6 Å². The molecule has 178 valence electrons. The minimum atomic E-state index is -0.363. The summed E-state index contributed by atoms with van der Waals surface area (Å²) in [6.45, 7) is 3.72. The van der Waals surface area contributed by atoms with Crippen molar-refractivity contribution in [2.45, 2.75) is 19.9 Å². The molecule has 0 spiro atoms. The molecule has 7 nitrogen and oxygen atoms in total. The lowest BCUT2D eigenvalue weighted by Crippen LogP contribution is -2.35. The molecular weight excluding hydrogens is 472 g/mol. The number of rotatable bonds is 4. The number of amides is 1. The van der Waals surface area contributed by atoms with Crippen molar-refractivity contribution >= 4 is 39.9 Å². The van der Waals surface area contributed by atoms with Crippen molar-refractivity contribution in [2.75, 3.05) is 12.4 Å². The van der Waals surface area contributed by atoms with E-state index in [1.54, 1.807) is 26.2 Å². The van der Waals surface area contributed by atoms with Gasteiger partial charge in [0.1, 0.15) is 17.2 Å². The molecular formula is C28H23ClN6O. The second-order valence-electron chi connectivity index (χ2n) is 8.37. The van der Waals surface area contributed by atoms with Crippen molar-refractivity contribution in [1.82, 2.24) is 24.7 Å². The van der Waals surface area contributed by atoms with Gasteiger partial charge in [-0.15, -0.1) is 0 Å². The zero-order chi connectivity index (χ0) is 25.2. The fourth-order valence-corrected chi connectivity index (χ4v) is 4.08. The smallest absolute Gasteiger partial charge is 0.242 e. The quantitative estimate of drug-likeness (QED) is 0.349. The molecule has 0 fully saturated rings. The van der Waals surface area contributed by atoms with E-state index in [0.29, 0.717) is 16.5 Å². The molecule has 0 saturated carbocycles. The molecule has 4 heterocycles. The number of fused-ring (bicyclic) bond motifs is 2. The Kier molecular flexibility index (Phi) is 6.38. The normalized spacial score (nSPS) is 11.8. The Balaban J connectivity index is 1.63. The number of hydrogen-bond acceptors (Lipinski definition) is 5. The predicted molar refractivity (Wildman–Crippen MR) is 143 cm³/mol. The van der Waals surface area contributed by atoms with Crippen molar-refractivity contribution in [2.24, 2.45) is 0 Å². The lowest BCUT2D eigenvalue weighted by molar-refractivity contribution is -0.117. The predicted octanol–water partition coefficient (Wildman–Crippen LogP) is 4.85. The number of carbonyl (C=O) groups excluding carboxylic acids is 1. The number of nitrogens with zero attached hydrogens (tertiary/aromatic N) is 4. The highest BCUT2D eigenvalue weighted by molar-refractivity contribution is 6.30. The Morgan fingerprint density at radius 2 is 1.94 bits per heavy atom. The Labute approximate surface area is 213 Å². The van der Waals surface area contributed by atoms with E-state index in [0.717, 1.165) is 39.1 Å². The van der Waals surface area contributed by atoms with E-state index in [9.17, 15) is 4.79 Å². The molecule has 1 unspecified atom stereocenters. The van der Waals surface area contributed by atoms with Gasteiger partial charge in [-0.05, 0) is 69.3 Å². The van der Waals surface area contributed by atoms with Gasteiger partial charge in [-0.3, -0.25) is 14.2 Å². The number of carbonyl (C=O) groups is 1. The molecule has 0 aliphatic carbocycles. The Hall–Kier alpha value is -4.25. The van der Waals surface area contributed by atoms with Crippen LogP contribution in [0.4, 0.5) is 5.82 Å². The fourth-order valence-electron chi connectivity index (χ4n) is 3.93. The van der Waals surface area contributed by atoms with Crippen LogP contribution in [0.25, 0.3) is 27.8 Å². The number of aryl methyl sites for hydroxylation is 1. The number of benzene rings is 1. The first kappa shape index (κ1) is 23.5. The van der Waals surface area contributed by atoms with Crippen LogP contribution in [-0.4, -0.2) is 38.3 Å². The average Bonchev–Trinajstić information content (AvgIpc) is 3.21. The Morgan fingerprint density at radius 3 is 2.78 bits per heavy atom. The highest BCUT2D eigenvalue weighted by Crippen LogP contribution is 2.29. The van der Waals surface area contributed by atoms with Gasteiger partial charge in [0.05, 0.1) is 22.9 Å². The molecule has 5 rings (SSSR count). The summed E-state index contributed by atoms with van der Waals surface area (Å²) in [7, 11) is 1.73. The minimum absolute atomic E-state index is 0.181. The molecule has 1 atom stereocenters. The van der Waals surface area contributed by atoms with Crippen molar-refractivity contribution in [1.29, 1.82) is 0 Å². The van der Waals surface area contributed by atoms with E-state index in [-0.39, 0.29) is 11.9 Å². The van der Waals surface area contributed by atoms with Crippen LogP contribution in [0, 0.1) is 18.8 Å². The Morgan fingerprint density at radius 1 is 1.08 bits per heavy atom. The van der Waals surface area contributed by atoms with Crippen LogP contribution < -0.4 is 10.6 Å². The number of hydrogen-bond donors (Lipinski definition) is 2. The number of halogens is 1. The molecule has 5 aromatic rings. The molecule has 1 aromatic carbocycles. The molecule has 0 bridgehead atoms. The summed E-state index contributed by atoms with van der Waals surface area (Å²) >= 11 is 6.19. The topological polar surface area (TPSA) is 84.2 Å². The van der Waals surface area contributed by atoms with Gasteiger partial charge in [0, 0.05) is 40.0 Å². The summed E-state index contributed by atoms with van der Waals surface area (Å²) in [5, 5.41) is 7.41. The van der Waals surface area contributed by atoms with Crippen LogP contribution >= 0.6 is 11.6 Å². The van der Waals surface area contributed by atoms with Crippen LogP contribution in [-0.2, 0) is 4.79 Å². The molecule has 0 radical (unpaired) electrons. The molecule has 0 aliphatic heterocycles. The number of pyridine rings is 3. The van der Waals surface area contributed by atoms with E-state index in [1.165, 1.54) is 0 Å². The largest absolute Gasteiger partial charge is 0.309 e. The van der Waals surface area contributed by atoms with E-state index in [2.05, 4.69) is 32.4 Å². The van der Waals surface area contributed by atoms with E-state index < -0.39 is 0 Å². The molecule has 0 aliphatic rings. The van der Waals surface area contributed by atoms with Gasteiger partial charge in [0.25, 0.3) is 0 Å². The highest BCUT2D eigenvalue weighted by Gasteiger charge is 2.17. The summed E-state index contributed by atoms with van der Waals surface area (Å²) in [5.74, 6) is 6.70.